The molecule has 0 aliphatic heterocycles. The lowest BCUT2D eigenvalue weighted by Crippen LogP contribution is -2.37. The topological polar surface area (TPSA) is 301 Å². The zero-order chi connectivity index (χ0) is 65.7. The molecule has 7 heterocycles. The van der Waals surface area contributed by atoms with Gasteiger partial charge in [-0.3, -0.25) is 0 Å². The van der Waals surface area contributed by atoms with Gasteiger partial charge in [-0.1, -0.05) is 90.5 Å². The lowest BCUT2D eigenvalue weighted by Gasteiger charge is -2.37. The molecule has 0 spiro atoms. The third-order valence-electron chi connectivity index (χ3n) is 17.4. The van der Waals surface area contributed by atoms with Crippen LogP contribution in [0.5, 0.6) is 0 Å². The van der Waals surface area contributed by atoms with E-state index in [4.69, 9.17) is 32.5 Å². The molecule has 15 rings (SSSR count). The number of nitrogens with zero attached hydrogens (tertiary/aromatic N) is 14. The van der Waals surface area contributed by atoms with Crippen LogP contribution >= 0.6 is 11.6 Å². The number of ether oxygens (including phenoxy) is 2. The van der Waals surface area contributed by atoms with E-state index in [-0.39, 0.29) is 33.9 Å². The number of nitrogen functional groups attached to an aromatic ring is 2. The van der Waals surface area contributed by atoms with Crippen LogP contribution < -0.4 is 22.1 Å². The van der Waals surface area contributed by atoms with Gasteiger partial charge in [0.2, 0.25) is 5.82 Å². The zero-order valence-corrected chi connectivity index (χ0v) is 52.2. The molecule has 26 heteroatoms. The summed E-state index contributed by atoms with van der Waals surface area (Å²) >= 11 is 5.91. The highest BCUT2D eigenvalue weighted by Crippen LogP contribution is 2.45. The predicted molar refractivity (Wildman–Crippen MR) is 354 cm³/mol. The number of para-hydroxylation sites is 3. The fourth-order valence-electron chi connectivity index (χ4n) is 12.3. The van der Waals surface area contributed by atoms with E-state index in [1.807, 2.05) is 85.2 Å². The number of hydrogen-bond acceptors (Lipinski definition) is 21. The van der Waals surface area contributed by atoms with Gasteiger partial charge in [0.05, 0.1) is 47.6 Å². The zero-order valence-electron chi connectivity index (χ0n) is 51.4. The molecule has 0 bridgehead atoms. The number of nitrogens with two attached hydrogens (primary N) is 2. The normalized spacial score (nSPS) is 18.0. The average Bonchev–Trinajstić information content (AvgIpc) is 1.61. The van der Waals surface area contributed by atoms with Crippen LogP contribution in [0.4, 0.5) is 36.2 Å². The van der Waals surface area contributed by atoms with Gasteiger partial charge in [0.1, 0.15) is 59.0 Å². The summed E-state index contributed by atoms with van der Waals surface area (Å²) in [5.74, 6) is 3.06. The largest absolute Gasteiger partial charge is 0.465 e. The van der Waals surface area contributed by atoms with Crippen LogP contribution in [0.25, 0.3) is 66.4 Å². The molecule has 3 aliphatic rings. The molecule has 22 nitrogen and oxygen atoms in total. The fraction of sp³-hybridized carbons (Fsp3) is 0.261. The van der Waals surface area contributed by atoms with E-state index in [2.05, 4.69) is 75.4 Å². The van der Waals surface area contributed by atoms with Gasteiger partial charge in [0.25, 0.3) is 0 Å². The standard InChI is InChI=1S/C27H21F3N6O2.C25H24N6O2.C17H17ClN6/c1-38-25(37)17-8-6-16(7-9-17)22-23-24(33-14-32-22)36(26(35-23)27(28,29)30)19-10-15(11-19)12-21-31-13-18-4-2-3-5-20(18)34-21;1-33-25(32)17-8-6-16(7-9-17)23-22(26)24(29-14-28-23)30-19-10-15(11-19)12-21-27-13-18-4-2-3-5-20(18)31-21;18-16-15(19)17(22-9-21-16)23-12-5-10(6-12)7-14-20-8-11-3-1-2-4-13(11)24-14/h2-9,13-15,19H,10-12H2,1H3;2-9,13-15,19H,10-12,26H2,1H3,(H,28,29,30);1-4,8-10,12H,5-7,19H2,(H,21,22,23). The Balaban J connectivity index is 0.000000132. The quantitative estimate of drug-likeness (QED) is 0.0547. The van der Waals surface area contributed by atoms with Crippen molar-refractivity contribution in [3.05, 3.63) is 198 Å². The van der Waals surface area contributed by atoms with Gasteiger partial charge in [0, 0.05) is 83.3 Å². The van der Waals surface area contributed by atoms with Gasteiger partial charge in [0.15, 0.2) is 22.4 Å². The smallest absolute Gasteiger partial charge is 0.449 e. The Kier molecular flexibility index (Phi) is 18.1. The second kappa shape index (κ2) is 27.3. The number of rotatable bonds is 15. The molecule has 480 valence electrons. The first kappa shape index (κ1) is 62.8. The number of alkyl halides is 3. The molecule has 6 N–H and O–H groups in total. The van der Waals surface area contributed by atoms with Crippen molar-refractivity contribution in [2.45, 2.75) is 82.1 Å². The monoisotopic (exact) mass is 1300 g/mol. The minimum Gasteiger partial charge on any atom is -0.465 e. The average molecular weight is 1300 g/mol. The number of carbonyl (C=O) groups excluding carboxylic acids is 2. The Morgan fingerprint density at radius 1 is 0.516 bits per heavy atom. The van der Waals surface area contributed by atoms with Gasteiger partial charge in [-0.25, -0.2) is 74.4 Å². The number of fused-ring (bicyclic) bond motifs is 4. The number of benzene rings is 5. The van der Waals surface area contributed by atoms with Gasteiger partial charge >= 0.3 is 18.1 Å². The lowest BCUT2D eigenvalue weighted by molar-refractivity contribution is -0.148. The Labute approximate surface area is 546 Å². The molecule has 3 aliphatic carbocycles. The Hall–Kier alpha value is -11.0. The third kappa shape index (κ3) is 14.1. The number of methoxy groups -OCH3 is 2. The fourth-order valence-corrected chi connectivity index (χ4v) is 12.4. The second-order valence-corrected chi connectivity index (χ2v) is 24.1. The summed E-state index contributed by atoms with van der Waals surface area (Å²) in [5, 5.41) is 10.1. The Bertz CT molecular complexity index is 4780. The third-order valence-corrected chi connectivity index (χ3v) is 17.7. The predicted octanol–water partition coefficient (Wildman–Crippen LogP) is 12.4. The molecule has 0 radical (unpaired) electrons. The second-order valence-electron chi connectivity index (χ2n) is 23.7. The van der Waals surface area contributed by atoms with Crippen molar-refractivity contribution >= 4 is 90.4 Å². The van der Waals surface area contributed by atoms with Crippen LogP contribution in [0.15, 0.2) is 159 Å². The maximum atomic E-state index is 14.1. The van der Waals surface area contributed by atoms with Crippen molar-refractivity contribution in [1.82, 2.24) is 69.4 Å². The highest BCUT2D eigenvalue weighted by atomic mass is 35.5. The highest BCUT2D eigenvalue weighted by Gasteiger charge is 2.44. The number of aromatic nitrogens is 14. The Morgan fingerprint density at radius 2 is 0.926 bits per heavy atom. The number of carbonyl (C=O) groups is 2. The summed E-state index contributed by atoms with van der Waals surface area (Å²) < 4.78 is 53.0. The summed E-state index contributed by atoms with van der Waals surface area (Å²) in [7, 11) is 2.63. The van der Waals surface area contributed by atoms with Crippen LogP contribution in [0, 0.1) is 17.8 Å². The molecule has 0 unspecified atom stereocenters. The van der Waals surface area contributed by atoms with E-state index in [1.165, 1.54) is 49.9 Å². The molecule has 3 fully saturated rings. The van der Waals surface area contributed by atoms with E-state index in [9.17, 15) is 22.8 Å². The molecule has 95 heavy (non-hydrogen) atoms. The van der Waals surface area contributed by atoms with E-state index in [1.54, 1.807) is 42.6 Å². The summed E-state index contributed by atoms with van der Waals surface area (Å²) in [6.07, 6.45) is 12.5. The maximum Gasteiger partial charge on any atom is 0.449 e. The summed E-state index contributed by atoms with van der Waals surface area (Å²) in [4.78, 5) is 79.8. The van der Waals surface area contributed by atoms with E-state index in [0.717, 1.165) is 88.4 Å². The number of imidazole rings is 1. The minimum absolute atomic E-state index is 0.0620. The summed E-state index contributed by atoms with van der Waals surface area (Å²) in [6.45, 7) is 0. The molecule has 12 aromatic rings. The van der Waals surface area contributed by atoms with E-state index >= 15 is 0 Å². The molecular weight excluding hydrogens is 1240 g/mol. The maximum absolute atomic E-state index is 14.1. The van der Waals surface area contributed by atoms with Crippen LogP contribution in [0.2, 0.25) is 5.15 Å². The van der Waals surface area contributed by atoms with E-state index < -0.39 is 24.0 Å². The summed E-state index contributed by atoms with van der Waals surface area (Å²) in [5.41, 5.74) is 19.2. The first-order chi connectivity index (χ1) is 46.1. The van der Waals surface area contributed by atoms with Crippen molar-refractivity contribution in [3.63, 3.8) is 0 Å². The molecule has 3 saturated carbocycles. The SMILES string of the molecule is COC(=O)c1ccc(-c2ncnc(NC3CC(Cc4ncc5ccccc5n4)C3)c2N)cc1.COC(=O)c1ccc(-c2ncnc3c2nc(C(F)(F)F)n3C2CC(Cc3ncc4ccccc4n3)C2)cc1.Nc1c(Cl)ncnc1NC1CC(Cc2ncc3ccccc3n2)C1. The molecule has 0 saturated heterocycles. The molecule has 7 aromatic heterocycles. The van der Waals surface area contributed by atoms with Crippen LogP contribution in [-0.4, -0.2) is 108 Å². The van der Waals surface area contributed by atoms with Crippen LogP contribution in [0.1, 0.15) is 88.6 Å². The number of esters is 2. The van der Waals surface area contributed by atoms with Gasteiger partial charge in [-0.2, -0.15) is 13.2 Å². The lowest BCUT2D eigenvalue weighted by atomic mass is 9.77. The van der Waals surface area contributed by atoms with Gasteiger partial charge in [-0.05, 0) is 98.7 Å². The van der Waals surface area contributed by atoms with Crippen molar-refractivity contribution in [1.29, 1.82) is 0 Å². The van der Waals surface area contributed by atoms with Crippen LogP contribution in [0.3, 0.4) is 0 Å². The Morgan fingerprint density at radius 3 is 1.39 bits per heavy atom. The van der Waals surface area contributed by atoms with Crippen molar-refractivity contribution in [2.24, 2.45) is 17.8 Å². The van der Waals surface area contributed by atoms with Crippen molar-refractivity contribution < 1.29 is 32.2 Å². The summed E-state index contributed by atoms with van der Waals surface area (Å²) in [6, 6.07) is 37.2. The van der Waals surface area contributed by atoms with Crippen molar-refractivity contribution in [3.8, 4) is 22.5 Å². The van der Waals surface area contributed by atoms with E-state index in [0.29, 0.717) is 94.4 Å². The van der Waals surface area contributed by atoms with Crippen molar-refractivity contribution in [2.75, 3.05) is 36.3 Å². The highest BCUT2D eigenvalue weighted by molar-refractivity contribution is 6.32. The first-order valence-corrected chi connectivity index (χ1v) is 31.2. The molecular formula is C69H62ClF3N18O4. The van der Waals surface area contributed by atoms with Gasteiger partial charge < -0.3 is 36.1 Å². The number of anilines is 4. The number of nitrogens with one attached hydrogen (secondary N) is 2. The minimum atomic E-state index is -4.67. The molecule has 5 aromatic carbocycles. The van der Waals surface area contributed by atoms with Crippen LogP contribution in [-0.2, 0) is 34.9 Å². The molecule has 0 amide bonds. The number of halogens is 4. The number of hydrogen-bond donors (Lipinski definition) is 4. The van der Waals surface area contributed by atoms with Gasteiger partial charge in [-0.15, -0.1) is 0 Å². The molecule has 0 atom stereocenters. The first-order valence-electron chi connectivity index (χ1n) is 30.8.